The van der Waals surface area contributed by atoms with E-state index in [1.165, 1.54) is 13.8 Å². The summed E-state index contributed by atoms with van der Waals surface area (Å²) in [4.78, 5) is 13.9. The largest absolute Gasteiger partial charge is 0.340 e. The van der Waals surface area contributed by atoms with Crippen molar-refractivity contribution < 1.29 is 13.2 Å². The van der Waals surface area contributed by atoms with Gasteiger partial charge in [0.2, 0.25) is 5.91 Å². The van der Waals surface area contributed by atoms with Gasteiger partial charge in [0.25, 0.3) is 0 Å². The highest BCUT2D eigenvalue weighted by molar-refractivity contribution is 7.92. The lowest BCUT2D eigenvalue weighted by atomic mass is 10.0. The molecule has 1 heterocycles. The summed E-state index contributed by atoms with van der Waals surface area (Å²) >= 11 is 0. The summed E-state index contributed by atoms with van der Waals surface area (Å²) in [6.07, 6.45) is 3.06. The standard InChI is InChI=1S/C11H22N2O3S.ClH/c1-11(2,17(4,15)16)10(14)13-7-5-6-9(8-13)12-3;/h9,12H,5-8H2,1-4H3;1H. The van der Waals surface area contributed by atoms with Crippen molar-refractivity contribution in [2.45, 2.75) is 37.5 Å². The van der Waals surface area contributed by atoms with Crippen molar-refractivity contribution in [3.8, 4) is 0 Å². The van der Waals surface area contributed by atoms with Crippen LogP contribution in [0, 0.1) is 0 Å². The highest BCUT2D eigenvalue weighted by Crippen LogP contribution is 2.21. The number of amides is 1. The van der Waals surface area contributed by atoms with E-state index >= 15 is 0 Å². The van der Waals surface area contributed by atoms with Gasteiger partial charge in [-0.3, -0.25) is 4.79 Å². The first-order chi connectivity index (χ1) is 7.70. The number of carbonyl (C=O) groups is 1. The first-order valence-electron chi connectivity index (χ1n) is 5.86. The minimum Gasteiger partial charge on any atom is -0.340 e. The van der Waals surface area contributed by atoms with Crippen LogP contribution in [0.3, 0.4) is 0 Å². The molecule has 1 aliphatic heterocycles. The molecule has 0 radical (unpaired) electrons. The molecule has 0 aliphatic carbocycles. The predicted octanol–water partition coefficient (Wildman–Crippen LogP) is 0.442. The SMILES string of the molecule is CNC1CCCN(C(=O)C(C)(C)S(C)(=O)=O)C1.Cl. The highest BCUT2D eigenvalue weighted by Gasteiger charge is 2.42. The van der Waals surface area contributed by atoms with Crippen LogP contribution in [0.15, 0.2) is 0 Å². The van der Waals surface area contributed by atoms with E-state index < -0.39 is 14.6 Å². The van der Waals surface area contributed by atoms with E-state index in [1.54, 1.807) is 4.90 Å². The summed E-state index contributed by atoms with van der Waals surface area (Å²) in [6, 6.07) is 0.267. The molecule has 1 saturated heterocycles. The zero-order valence-corrected chi connectivity index (χ0v) is 13.0. The molecule has 0 saturated carbocycles. The summed E-state index contributed by atoms with van der Waals surface area (Å²) in [5.41, 5.74) is 0. The van der Waals surface area contributed by atoms with Gasteiger partial charge in [0.15, 0.2) is 9.84 Å². The lowest BCUT2D eigenvalue weighted by Crippen LogP contribution is -2.55. The van der Waals surface area contributed by atoms with Gasteiger partial charge < -0.3 is 10.2 Å². The van der Waals surface area contributed by atoms with E-state index in [0.717, 1.165) is 19.1 Å². The molecular weight excluding hydrogens is 276 g/mol. The molecule has 0 aromatic carbocycles. The fourth-order valence-electron chi connectivity index (χ4n) is 1.94. The van der Waals surface area contributed by atoms with Gasteiger partial charge in [-0.25, -0.2) is 8.42 Å². The topological polar surface area (TPSA) is 66.5 Å². The third-order valence-electron chi connectivity index (χ3n) is 3.56. The van der Waals surface area contributed by atoms with Crippen molar-refractivity contribution in [2.75, 3.05) is 26.4 Å². The average Bonchev–Trinajstić information content (AvgIpc) is 2.26. The number of carbonyl (C=O) groups excluding carboxylic acids is 1. The number of hydrogen-bond acceptors (Lipinski definition) is 4. The Morgan fingerprint density at radius 2 is 1.94 bits per heavy atom. The van der Waals surface area contributed by atoms with Gasteiger partial charge in [-0.2, -0.15) is 0 Å². The minimum absolute atomic E-state index is 0. The normalized spacial score (nSPS) is 21.3. The molecule has 0 aromatic rings. The monoisotopic (exact) mass is 298 g/mol. The first-order valence-corrected chi connectivity index (χ1v) is 7.75. The lowest BCUT2D eigenvalue weighted by Gasteiger charge is -2.36. The van der Waals surface area contributed by atoms with E-state index in [2.05, 4.69) is 5.32 Å². The van der Waals surface area contributed by atoms with Gasteiger partial charge in [0, 0.05) is 25.4 Å². The van der Waals surface area contributed by atoms with Crippen molar-refractivity contribution in [3.05, 3.63) is 0 Å². The Labute approximate surface area is 116 Å². The van der Waals surface area contributed by atoms with E-state index in [1.807, 2.05) is 7.05 Å². The van der Waals surface area contributed by atoms with Crippen molar-refractivity contribution in [1.29, 1.82) is 0 Å². The van der Waals surface area contributed by atoms with Crippen LogP contribution >= 0.6 is 12.4 Å². The van der Waals surface area contributed by atoms with Crippen LogP contribution in [0.25, 0.3) is 0 Å². The van der Waals surface area contributed by atoms with Gasteiger partial charge in [0.05, 0.1) is 0 Å². The van der Waals surface area contributed by atoms with E-state index in [0.29, 0.717) is 13.1 Å². The quantitative estimate of drug-likeness (QED) is 0.821. The maximum Gasteiger partial charge on any atom is 0.243 e. The Morgan fingerprint density at radius 3 is 2.39 bits per heavy atom. The molecule has 0 aromatic heterocycles. The number of hydrogen-bond donors (Lipinski definition) is 1. The van der Waals surface area contributed by atoms with Crippen LogP contribution < -0.4 is 5.32 Å². The second-order valence-corrected chi connectivity index (χ2v) is 7.73. The van der Waals surface area contributed by atoms with Gasteiger partial charge in [-0.1, -0.05) is 0 Å². The van der Waals surface area contributed by atoms with Crippen molar-refractivity contribution in [3.63, 3.8) is 0 Å². The average molecular weight is 299 g/mol. The second kappa shape index (κ2) is 6.21. The second-order valence-electron chi connectivity index (χ2n) is 5.16. The van der Waals surface area contributed by atoms with Gasteiger partial charge >= 0.3 is 0 Å². The maximum atomic E-state index is 12.2. The number of nitrogens with zero attached hydrogens (tertiary/aromatic N) is 1. The Hall–Kier alpha value is -0.330. The molecule has 18 heavy (non-hydrogen) atoms. The van der Waals surface area contributed by atoms with E-state index in [4.69, 9.17) is 0 Å². The van der Waals surface area contributed by atoms with Crippen molar-refractivity contribution in [1.82, 2.24) is 10.2 Å². The molecule has 1 atom stereocenters. The fraction of sp³-hybridized carbons (Fsp3) is 0.909. The molecule has 0 spiro atoms. The molecule has 1 rings (SSSR count). The summed E-state index contributed by atoms with van der Waals surface area (Å²) in [5, 5.41) is 3.14. The van der Waals surface area contributed by atoms with Crippen LogP contribution in [0.5, 0.6) is 0 Å². The zero-order valence-electron chi connectivity index (χ0n) is 11.4. The Morgan fingerprint density at radius 1 is 1.39 bits per heavy atom. The molecular formula is C11H23ClN2O3S. The summed E-state index contributed by atoms with van der Waals surface area (Å²) in [7, 11) is -1.53. The number of halogens is 1. The predicted molar refractivity (Wildman–Crippen MR) is 74.8 cm³/mol. The Kier molecular flexibility index (Phi) is 6.10. The first kappa shape index (κ1) is 17.7. The van der Waals surface area contributed by atoms with Crippen LogP contribution in [-0.4, -0.2) is 56.4 Å². The van der Waals surface area contributed by atoms with Crippen LogP contribution in [0.2, 0.25) is 0 Å². The molecule has 7 heteroatoms. The molecule has 1 N–H and O–H groups in total. The number of nitrogens with one attached hydrogen (secondary N) is 1. The summed E-state index contributed by atoms with van der Waals surface area (Å²) < 4.78 is 21.9. The fourth-order valence-corrected chi connectivity index (χ4v) is 2.38. The van der Waals surface area contributed by atoms with Gasteiger partial charge in [-0.05, 0) is 33.7 Å². The molecule has 1 amide bonds. The zero-order chi connectivity index (χ0) is 13.3. The molecule has 1 aliphatic rings. The molecule has 1 fully saturated rings. The number of likely N-dealkylation sites (tertiary alicyclic amines) is 1. The Bertz CT molecular complexity index is 395. The number of sulfone groups is 1. The smallest absolute Gasteiger partial charge is 0.243 e. The number of likely N-dealkylation sites (N-methyl/N-ethyl adjacent to an activating group) is 1. The van der Waals surface area contributed by atoms with Crippen molar-refractivity contribution in [2.24, 2.45) is 0 Å². The minimum atomic E-state index is -3.39. The van der Waals surface area contributed by atoms with E-state index in [9.17, 15) is 13.2 Å². The summed E-state index contributed by atoms with van der Waals surface area (Å²) in [5.74, 6) is -0.292. The van der Waals surface area contributed by atoms with E-state index in [-0.39, 0.29) is 24.4 Å². The third kappa shape index (κ3) is 3.59. The number of piperidine rings is 1. The van der Waals surface area contributed by atoms with Gasteiger partial charge in [0.1, 0.15) is 4.75 Å². The summed E-state index contributed by atoms with van der Waals surface area (Å²) in [6.45, 7) is 4.20. The maximum absolute atomic E-state index is 12.2. The van der Waals surface area contributed by atoms with Crippen LogP contribution in [-0.2, 0) is 14.6 Å². The molecule has 0 bridgehead atoms. The highest BCUT2D eigenvalue weighted by atomic mass is 35.5. The van der Waals surface area contributed by atoms with Crippen LogP contribution in [0.4, 0.5) is 0 Å². The Balaban J connectivity index is 0.00000289. The van der Waals surface area contributed by atoms with Crippen molar-refractivity contribution >= 4 is 28.2 Å². The molecule has 108 valence electrons. The third-order valence-corrected chi connectivity index (χ3v) is 5.59. The molecule has 1 unspecified atom stereocenters. The molecule has 5 nitrogen and oxygen atoms in total. The van der Waals surface area contributed by atoms with Crippen LogP contribution in [0.1, 0.15) is 26.7 Å². The lowest BCUT2D eigenvalue weighted by molar-refractivity contribution is -0.134. The van der Waals surface area contributed by atoms with Gasteiger partial charge in [-0.15, -0.1) is 12.4 Å². The number of rotatable bonds is 3.